The molecule has 1 aromatic rings. The lowest BCUT2D eigenvalue weighted by Gasteiger charge is -2.33. The van der Waals surface area contributed by atoms with Crippen LogP contribution in [0.15, 0.2) is 35.3 Å². The molecule has 2 rings (SSSR count). The molecular formula is C17H25NO. The van der Waals surface area contributed by atoms with Crippen LogP contribution >= 0.6 is 0 Å². The van der Waals surface area contributed by atoms with Gasteiger partial charge in [-0.2, -0.15) is 0 Å². The number of hydrogen-bond acceptors (Lipinski definition) is 2. The van der Waals surface area contributed by atoms with Gasteiger partial charge in [0.2, 0.25) is 0 Å². The fraction of sp³-hybridized carbons (Fsp3) is 0.588. The molecule has 1 unspecified atom stereocenters. The quantitative estimate of drug-likeness (QED) is 0.748. The summed E-state index contributed by atoms with van der Waals surface area (Å²) in [5.41, 5.74) is 2.71. The van der Waals surface area contributed by atoms with Crippen LogP contribution in [-0.4, -0.2) is 18.4 Å². The van der Waals surface area contributed by atoms with Crippen molar-refractivity contribution in [2.45, 2.75) is 52.7 Å². The van der Waals surface area contributed by atoms with Gasteiger partial charge in [-0.25, -0.2) is 0 Å². The molecular weight excluding hydrogens is 234 g/mol. The van der Waals surface area contributed by atoms with Gasteiger partial charge in [0, 0.05) is 17.7 Å². The van der Waals surface area contributed by atoms with Crippen molar-refractivity contribution in [3.05, 3.63) is 35.9 Å². The first-order valence-electron chi connectivity index (χ1n) is 7.44. The van der Waals surface area contributed by atoms with E-state index in [1.807, 2.05) is 6.07 Å². The summed E-state index contributed by atoms with van der Waals surface area (Å²) in [7, 11) is 0. The molecule has 0 N–H and O–H groups in total. The maximum atomic E-state index is 6.26. The van der Waals surface area contributed by atoms with Crippen molar-refractivity contribution in [2.24, 2.45) is 10.4 Å². The number of hydrogen-bond donors (Lipinski definition) is 0. The average Bonchev–Trinajstić information content (AvgIpc) is 2.84. The number of benzene rings is 1. The molecule has 0 saturated carbocycles. The lowest BCUT2D eigenvalue weighted by Crippen LogP contribution is -2.39. The largest absolute Gasteiger partial charge is 0.367 e. The Morgan fingerprint density at radius 1 is 1.16 bits per heavy atom. The van der Waals surface area contributed by atoms with Crippen LogP contribution in [0.5, 0.6) is 0 Å². The predicted octanol–water partition coefficient (Wildman–Crippen LogP) is 4.24. The van der Waals surface area contributed by atoms with Gasteiger partial charge < -0.3 is 4.74 Å². The van der Waals surface area contributed by atoms with E-state index >= 15 is 0 Å². The first-order valence-corrected chi connectivity index (χ1v) is 7.44. The van der Waals surface area contributed by atoms with E-state index in [1.54, 1.807) is 0 Å². The third kappa shape index (κ3) is 2.89. The third-order valence-corrected chi connectivity index (χ3v) is 4.49. The van der Waals surface area contributed by atoms with E-state index in [0.29, 0.717) is 6.61 Å². The molecule has 2 nitrogen and oxygen atoms in total. The van der Waals surface area contributed by atoms with Gasteiger partial charge in [0.1, 0.15) is 6.10 Å². The standard InChI is InChI=1S/C17H25NO/c1-4-15-16(17(5-2,6-3)13-18-15)19-12-14-10-8-7-9-11-14/h7-11,16H,4-6,12-13H2,1-3H3. The average molecular weight is 259 g/mol. The minimum atomic E-state index is 0.202. The topological polar surface area (TPSA) is 21.6 Å². The van der Waals surface area contributed by atoms with Crippen molar-refractivity contribution in [3.63, 3.8) is 0 Å². The normalized spacial score (nSPS) is 21.4. The molecule has 0 aliphatic carbocycles. The van der Waals surface area contributed by atoms with E-state index in [4.69, 9.17) is 9.73 Å². The maximum Gasteiger partial charge on any atom is 0.103 e. The highest BCUT2D eigenvalue weighted by Gasteiger charge is 2.43. The zero-order chi connectivity index (χ0) is 13.7. The number of ether oxygens (including phenoxy) is 1. The van der Waals surface area contributed by atoms with Crippen molar-refractivity contribution in [1.29, 1.82) is 0 Å². The van der Waals surface area contributed by atoms with Crippen molar-refractivity contribution in [3.8, 4) is 0 Å². The molecule has 0 spiro atoms. The number of rotatable bonds is 6. The Morgan fingerprint density at radius 3 is 2.42 bits per heavy atom. The highest BCUT2D eigenvalue weighted by molar-refractivity contribution is 5.91. The Kier molecular flexibility index (Phi) is 4.76. The summed E-state index contributed by atoms with van der Waals surface area (Å²) < 4.78 is 6.26. The lowest BCUT2D eigenvalue weighted by atomic mass is 9.77. The molecule has 0 amide bonds. The summed E-state index contributed by atoms with van der Waals surface area (Å²) in [4.78, 5) is 4.73. The smallest absolute Gasteiger partial charge is 0.103 e. The SMILES string of the molecule is CCC1=NCC(CC)(CC)C1OCc1ccccc1. The van der Waals surface area contributed by atoms with Gasteiger partial charge >= 0.3 is 0 Å². The zero-order valence-electron chi connectivity index (χ0n) is 12.4. The monoisotopic (exact) mass is 259 g/mol. The van der Waals surface area contributed by atoms with Crippen LogP contribution < -0.4 is 0 Å². The Labute approximate surface area is 116 Å². The molecule has 2 heteroatoms. The van der Waals surface area contributed by atoms with Gasteiger partial charge in [-0.15, -0.1) is 0 Å². The van der Waals surface area contributed by atoms with Crippen molar-refractivity contribution in [2.75, 3.05) is 6.54 Å². The summed E-state index contributed by atoms with van der Waals surface area (Å²) >= 11 is 0. The van der Waals surface area contributed by atoms with E-state index < -0.39 is 0 Å². The van der Waals surface area contributed by atoms with Crippen LogP contribution in [0, 0.1) is 5.41 Å². The maximum absolute atomic E-state index is 6.26. The van der Waals surface area contributed by atoms with Crippen LogP contribution in [0.2, 0.25) is 0 Å². The van der Waals surface area contributed by atoms with Gasteiger partial charge in [0.05, 0.1) is 6.61 Å². The zero-order valence-corrected chi connectivity index (χ0v) is 12.4. The van der Waals surface area contributed by atoms with Crippen LogP contribution in [0.3, 0.4) is 0 Å². The molecule has 1 aliphatic heterocycles. The van der Waals surface area contributed by atoms with Crippen molar-refractivity contribution >= 4 is 5.71 Å². The van der Waals surface area contributed by atoms with Crippen LogP contribution in [0.1, 0.15) is 45.6 Å². The van der Waals surface area contributed by atoms with Gasteiger partial charge in [-0.05, 0) is 24.8 Å². The van der Waals surface area contributed by atoms with Crippen LogP contribution in [-0.2, 0) is 11.3 Å². The first-order chi connectivity index (χ1) is 9.25. The summed E-state index contributed by atoms with van der Waals surface area (Å²) in [6.07, 6.45) is 3.47. The van der Waals surface area contributed by atoms with Gasteiger partial charge in [0.25, 0.3) is 0 Å². The van der Waals surface area contributed by atoms with Crippen molar-refractivity contribution in [1.82, 2.24) is 0 Å². The van der Waals surface area contributed by atoms with E-state index in [2.05, 4.69) is 45.0 Å². The molecule has 0 aromatic heterocycles. The van der Waals surface area contributed by atoms with E-state index in [-0.39, 0.29) is 11.5 Å². The summed E-state index contributed by atoms with van der Waals surface area (Å²) in [6, 6.07) is 10.4. The van der Waals surface area contributed by atoms with Crippen molar-refractivity contribution < 1.29 is 4.74 Å². The minimum absolute atomic E-state index is 0.202. The molecule has 0 radical (unpaired) electrons. The molecule has 104 valence electrons. The van der Waals surface area contributed by atoms with E-state index in [1.165, 1.54) is 11.3 Å². The fourth-order valence-electron chi connectivity index (χ4n) is 2.95. The second-order valence-corrected chi connectivity index (χ2v) is 5.41. The summed E-state index contributed by atoms with van der Waals surface area (Å²) in [6.45, 7) is 8.32. The molecule has 0 fully saturated rings. The number of aliphatic imine (C=N–C) groups is 1. The van der Waals surface area contributed by atoms with Crippen LogP contribution in [0.25, 0.3) is 0 Å². The van der Waals surface area contributed by atoms with Gasteiger partial charge in [-0.1, -0.05) is 51.1 Å². The predicted molar refractivity (Wildman–Crippen MR) is 80.6 cm³/mol. The first kappa shape index (κ1) is 14.3. The Morgan fingerprint density at radius 2 is 1.84 bits per heavy atom. The molecule has 19 heavy (non-hydrogen) atoms. The second kappa shape index (κ2) is 6.33. The van der Waals surface area contributed by atoms with E-state index in [0.717, 1.165) is 25.8 Å². The van der Waals surface area contributed by atoms with Gasteiger partial charge in [-0.3, -0.25) is 4.99 Å². The Hall–Kier alpha value is -1.15. The molecule has 1 aromatic carbocycles. The number of nitrogens with zero attached hydrogens (tertiary/aromatic N) is 1. The summed E-state index contributed by atoms with van der Waals surface area (Å²) in [5, 5.41) is 0. The third-order valence-electron chi connectivity index (χ3n) is 4.49. The van der Waals surface area contributed by atoms with E-state index in [9.17, 15) is 0 Å². The fourth-order valence-corrected chi connectivity index (χ4v) is 2.95. The Balaban J connectivity index is 2.08. The highest BCUT2D eigenvalue weighted by Crippen LogP contribution is 2.39. The molecule has 1 atom stereocenters. The molecule has 0 bridgehead atoms. The molecule has 1 aliphatic rings. The second-order valence-electron chi connectivity index (χ2n) is 5.41. The summed E-state index contributed by atoms with van der Waals surface area (Å²) in [5.74, 6) is 0. The molecule has 1 heterocycles. The lowest BCUT2D eigenvalue weighted by molar-refractivity contribution is 0.000148. The van der Waals surface area contributed by atoms with Crippen LogP contribution in [0.4, 0.5) is 0 Å². The van der Waals surface area contributed by atoms with Gasteiger partial charge in [0.15, 0.2) is 0 Å². The molecule has 0 saturated heterocycles. The minimum Gasteiger partial charge on any atom is -0.367 e. The highest BCUT2D eigenvalue weighted by atomic mass is 16.5. The Bertz CT molecular complexity index is 420.